The highest BCUT2D eigenvalue weighted by molar-refractivity contribution is 9.10. The van der Waals surface area contributed by atoms with Crippen LogP contribution in [0.2, 0.25) is 0 Å². The lowest BCUT2D eigenvalue weighted by atomic mass is 10.1. The second-order valence-electron chi connectivity index (χ2n) is 5.35. The smallest absolute Gasteiger partial charge is 0.116 e. The third-order valence-corrected chi connectivity index (χ3v) is 4.76. The molecule has 0 spiro atoms. The molecular weight excluding hydrogens is 330 g/mol. The number of nitrogens with zero attached hydrogens (tertiary/aromatic N) is 5. The van der Waals surface area contributed by atoms with Gasteiger partial charge in [-0.1, -0.05) is 33.3 Å². The van der Waals surface area contributed by atoms with Crippen LogP contribution >= 0.6 is 15.9 Å². The minimum atomic E-state index is 0.274. The van der Waals surface area contributed by atoms with E-state index in [1.54, 1.807) is 4.68 Å². The molecule has 0 bridgehead atoms. The molecule has 2 aromatic heterocycles. The van der Waals surface area contributed by atoms with Gasteiger partial charge in [0.05, 0.1) is 18.4 Å². The normalized spacial score (nSPS) is 17.1. The zero-order valence-corrected chi connectivity index (χ0v) is 13.2. The van der Waals surface area contributed by atoms with Crippen molar-refractivity contribution in [1.29, 1.82) is 0 Å². The molecule has 0 unspecified atom stereocenters. The highest BCUT2D eigenvalue weighted by atomic mass is 79.9. The summed E-state index contributed by atoms with van der Waals surface area (Å²) < 4.78 is 4.94. The lowest BCUT2D eigenvalue weighted by Gasteiger charge is -2.11. The average molecular weight is 344 g/mol. The van der Waals surface area contributed by atoms with Crippen LogP contribution in [0.5, 0.6) is 0 Å². The fraction of sp³-hybridized carbons (Fsp3) is 0.267. The van der Waals surface area contributed by atoms with Gasteiger partial charge in [0, 0.05) is 23.3 Å². The largest absolute Gasteiger partial charge is 0.275 e. The van der Waals surface area contributed by atoms with Crippen LogP contribution in [0.3, 0.4) is 0 Å². The van der Waals surface area contributed by atoms with Gasteiger partial charge in [0.15, 0.2) is 0 Å². The van der Waals surface area contributed by atoms with Crippen molar-refractivity contribution in [2.45, 2.75) is 18.9 Å². The maximum absolute atomic E-state index is 4.33. The molecular formula is C15H14BrN5. The highest BCUT2D eigenvalue weighted by Gasteiger charge is 2.26. The quantitative estimate of drug-likeness (QED) is 0.718. The monoisotopic (exact) mass is 343 g/mol. The zero-order valence-electron chi connectivity index (χ0n) is 11.6. The molecule has 2 heterocycles. The van der Waals surface area contributed by atoms with E-state index in [9.17, 15) is 0 Å². The van der Waals surface area contributed by atoms with Crippen LogP contribution in [-0.2, 0) is 13.5 Å². The Morgan fingerprint density at radius 2 is 2.19 bits per heavy atom. The highest BCUT2D eigenvalue weighted by Crippen LogP contribution is 2.37. The molecule has 1 aliphatic rings. The number of hydrogen-bond donors (Lipinski definition) is 0. The molecule has 0 saturated carbocycles. The molecule has 0 N–H and O–H groups in total. The van der Waals surface area contributed by atoms with Crippen molar-refractivity contribution in [3.05, 3.63) is 52.4 Å². The van der Waals surface area contributed by atoms with Crippen LogP contribution in [0.15, 0.2) is 41.3 Å². The number of aryl methyl sites for hydroxylation is 1. The molecule has 0 fully saturated rings. The Kier molecular flexibility index (Phi) is 2.92. The molecule has 1 atom stereocenters. The van der Waals surface area contributed by atoms with Crippen LogP contribution in [-0.4, -0.2) is 24.8 Å². The first-order valence-corrected chi connectivity index (χ1v) is 7.70. The molecule has 106 valence electrons. The van der Waals surface area contributed by atoms with Gasteiger partial charge in [-0.05, 0) is 30.0 Å². The molecule has 6 heteroatoms. The minimum absolute atomic E-state index is 0.274. The van der Waals surface area contributed by atoms with Gasteiger partial charge in [-0.15, -0.1) is 5.10 Å². The van der Waals surface area contributed by atoms with Crippen molar-refractivity contribution in [2.24, 2.45) is 7.05 Å². The van der Waals surface area contributed by atoms with E-state index in [-0.39, 0.29) is 6.04 Å². The van der Waals surface area contributed by atoms with Gasteiger partial charge in [-0.3, -0.25) is 4.68 Å². The fourth-order valence-corrected chi connectivity index (χ4v) is 3.56. The fourth-order valence-electron chi connectivity index (χ4n) is 2.98. The van der Waals surface area contributed by atoms with Gasteiger partial charge in [-0.2, -0.15) is 5.10 Å². The van der Waals surface area contributed by atoms with Crippen LogP contribution < -0.4 is 0 Å². The van der Waals surface area contributed by atoms with Gasteiger partial charge in [-0.25, -0.2) is 4.68 Å². The Morgan fingerprint density at radius 1 is 1.29 bits per heavy atom. The zero-order chi connectivity index (χ0) is 14.4. The van der Waals surface area contributed by atoms with E-state index in [4.69, 9.17) is 0 Å². The molecule has 0 radical (unpaired) electrons. The third kappa shape index (κ3) is 2.10. The van der Waals surface area contributed by atoms with E-state index in [1.165, 1.54) is 15.6 Å². The number of aromatic nitrogens is 5. The average Bonchev–Trinajstić information content (AvgIpc) is 3.16. The molecule has 0 amide bonds. The van der Waals surface area contributed by atoms with E-state index < -0.39 is 0 Å². The van der Waals surface area contributed by atoms with Crippen molar-refractivity contribution < 1.29 is 0 Å². The first kappa shape index (κ1) is 12.8. The minimum Gasteiger partial charge on any atom is -0.275 e. The van der Waals surface area contributed by atoms with Gasteiger partial charge in [0.1, 0.15) is 5.69 Å². The topological polar surface area (TPSA) is 48.5 Å². The summed E-state index contributed by atoms with van der Waals surface area (Å²) in [6.45, 7) is 0. The molecule has 21 heavy (non-hydrogen) atoms. The predicted octanol–water partition coefficient (Wildman–Crippen LogP) is 2.98. The van der Waals surface area contributed by atoms with Crippen molar-refractivity contribution in [2.75, 3.05) is 0 Å². The summed E-state index contributed by atoms with van der Waals surface area (Å²) in [7, 11) is 1.90. The van der Waals surface area contributed by atoms with Gasteiger partial charge >= 0.3 is 0 Å². The summed E-state index contributed by atoms with van der Waals surface area (Å²) in [5.74, 6) is 0. The summed E-state index contributed by atoms with van der Waals surface area (Å²) in [4.78, 5) is 0. The molecule has 1 aliphatic carbocycles. The van der Waals surface area contributed by atoms with Crippen molar-refractivity contribution >= 4 is 15.9 Å². The number of hydrogen-bond acceptors (Lipinski definition) is 3. The second-order valence-corrected chi connectivity index (χ2v) is 6.20. The van der Waals surface area contributed by atoms with E-state index >= 15 is 0 Å². The lowest BCUT2D eigenvalue weighted by Crippen LogP contribution is -2.07. The number of fused-ring (bicyclic) bond motifs is 1. The molecule has 0 saturated heterocycles. The maximum Gasteiger partial charge on any atom is 0.116 e. The molecule has 4 rings (SSSR count). The third-order valence-electron chi connectivity index (χ3n) is 4.01. The van der Waals surface area contributed by atoms with E-state index in [2.05, 4.69) is 49.5 Å². The standard InChI is InChI=1S/C15H14BrN5/c1-20-8-10(7-17-20)14-9-21(19-18-14)15-6-5-11-12(15)3-2-4-13(11)16/h2-4,7-9,15H,5-6H2,1H3/t15-/m1/s1. The Morgan fingerprint density at radius 3 is 3.00 bits per heavy atom. The molecule has 0 aliphatic heterocycles. The van der Waals surface area contributed by atoms with E-state index in [0.29, 0.717) is 0 Å². The summed E-state index contributed by atoms with van der Waals surface area (Å²) in [6, 6.07) is 6.64. The number of halogens is 1. The lowest BCUT2D eigenvalue weighted by molar-refractivity contribution is 0.504. The van der Waals surface area contributed by atoms with Gasteiger partial charge in [0.2, 0.25) is 0 Å². The van der Waals surface area contributed by atoms with Crippen molar-refractivity contribution in [3.63, 3.8) is 0 Å². The summed E-state index contributed by atoms with van der Waals surface area (Å²) in [5.41, 5.74) is 4.59. The number of rotatable bonds is 2. The van der Waals surface area contributed by atoms with Crippen molar-refractivity contribution in [3.8, 4) is 11.3 Å². The van der Waals surface area contributed by atoms with Crippen LogP contribution in [0.25, 0.3) is 11.3 Å². The van der Waals surface area contributed by atoms with Gasteiger partial charge in [0.25, 0.3) is 0 Å². The summed E-state index contributed by atoms with van der Waals surface area (Å²) >= 11 is 3.64. The summed E-state index contributed by atoms with van der Waals surface area (Å²) in [6.07, 6.45) is 7.91. The number of benzene rings is 1. The Balaban J connectivity index is 1.71. The van der Waals surface area contributed by atoms with Crippen molar-refractivity contribution in [1.82, 2.24) is 24.8 Å². The first-order valence-electron chi connectivity index (χ1n) is 6.90. The van der Waals surface area contributed by atoms with Crippen LogP contribution in [0.4, 0.5) is 0 Å². The van der Waals surface area contributed by atoms with E-state index in [0.717, 1.165) is 24.1 Å². The summed E-state index contributed by atoms with van der Waals surface area (Å²) in [5, 5.41) is 12.8. The Bertz CT molecular complexity index is 804. The Hall–Kier alpha value is -1.95. The SMILES string of the molecule is Cn1cc(-c2cn([C@@H]3CCc4c(Br)cccc43)nn2)cn1. The molecule has 1 aromatic carbocycles. The predicted molar refractivity (Wildman–Crippen MR) is 82.8 cm³/mol. The molecule has 3 aromatic rings. The maximum atomic E-state index is 4.33. The Labute approximate surface area is 130 Å². The second kappa shape index (κ2) is 4.80. The van der Waals surface area contributed by atoms with Crippen LogP contribution in [0.1, 0.15) is 23.6 Å². The van der Waals surface area contributed by atoms with Crippen LogP contribution in [0, 0.1) is 0 Å². The van der Waals surface area contributed by atoms with E-state index in [1.807, 2.05) is 30.3 Å². The molecule has 5 nitrogen and oxygen atoms in total. The van der Waals surface area contributed by atoms with Gasteiger partial charge < -0.3 is 0 Å². The first-order chi connectivity index (χ1) is 10.2.